The lowest BCUT2D eigenvalue weighted by Gasteiger charge is -2.25. The summed E-state index contributed by atoms with van der Waals surface area (Å²) in [5.74, 6) is 1.24. The third-order valence-electron chi connectivity index (χ3n) is 4.35. The molecular weight excluding hydrogens is 402 g/mol. The van der Waals surface area contributed by atoms with Gasteiger partial charge in [0, 0.05) is 50.4 Å². The molecule has 27 heavy (non-hydrogen) atoms. The Morgan fingerprint density at radius 1 is 1.19 bits per heavy atom. The highest BCUT2D eigenvalue weighted by Crippen LogP contribution is 2.27. The van der Waals surface area contributed by atoms with E-state index >= 15 is 0 Å². The Morgan fingerprint density at radius 3 is 2.59 bits per heavy atom. The van der Waals surface area contributed by atoms with Crippen molar-refractivity contribution in [2.24, 2.45) is 0 Å². The summed E-state index contributed by atoms with van der Waals surface area (Å²) in [6, 6.07) is 11.4. The van der Waals surface area contributed by atoms with Gasteiger partial charge in [-0.25, -0.2) is 8.42 Å². The number of carbonyl (C=O) groups excluding carboxylic acids is 1. The Kier molecular flexibility index (Phi) is 6.80. The summed E-state index contributed by atoms with van der Waals surface area (Å²) >= 11 is 2.91. The first kappa shape index (κ1) is 20.2. The summed E-state index contributed by atoms with van der Waals surface area (Å²) in [6.45, 7) is 2.05. The number of nitrogens with zero attached hydrogens (tertiary/aromatic N) is 2. The topological polar surface area (TPSA) is 69.7 Å². The van der Waals surface area contributed by atoms with Crippen molar-refractivity contribution in [1.82, 2.24) is 9.62 Å². The lowest BCUT2D eigenvalue weighted by molar-refractivity contribution is 0.0955. The molecule has 0 radical (unpaired) electrons. The van der Waals surface area contributed by atoms with Gasteiger partial charge < -0.3 is 10.2 Å². The molecule has 6 nitrogen and oxygen atoms in total. The van der Waals surface area contributed by atoms with Crippen LogP contribution in [0.3, 0.4) is 0 Å². The van der Waals surface area contributed by atoms with Gasteiger partial charge in [0.1, 0.15) is 9.77 Å². The minimum atomic E-state index is -3.62. The number of benzene rings is 1. The summed E-state index contributed by atoms with van der Waals surface area (Å²) in [5.41, 5.74) is 1.06. The lowest BCUT2D eigenvalue weighted by atomic mass is 10.3. The number of hydrogen-bond donors (Lipinski definition) is 1. The lowest BCUT2D eigenvalue weighted by Crippen LogP contribution is -2.39. The Labute approximate surface area is 168 Å². The van der Waals surface area contributed by atoms with Gasteiger partial charge in [-0.05, 0) is 23.6 Å². The number of amides is 1. The van der Waals surface area contributed by atoms with Crippen LogP contribution in [0.4, 0.5) is 5.69 Å². The first-order valence-electron chi connectivity index (χ1n) is 8.70. The minimum absolute atomic E-state index is 0.119. The molecule has 1 aromatic heterocycles. The van der Waals surface area contributed by atoms with E-state index in [1.807, 2.05) is 42.3 Å². The van der Waals surface area contributed by atoms with Crippen LogP contribution in [-0.2, 0) is 10.0 Å². The van der Waals surface area contributed by atoms with E-state index in [1.165, 1.54) is 21.7 Å². The summed E-state index contributed by atoms with van der Waals surface area (Å²) in [6.07, 6.45) is 0. The smallest absolute Gasteiger partial charge is 0.262 e. The summed E-state index contributed by atoms with van der Waals surface area (Å²) in [5, 5.41) is 4.51. The Hall–Kier alpha value is -1.55. The van der Waals surface area contributed by atoms with Gasteiger partial charge in [0.2, 0.25) is 10.0 Å². The van der Waals surface area contributed by atoms with Gasteiger partial charge in [-0.1, -0.05) is 18.2 Å². The van der Waals surface area contributed by atoms with E-state index in [2.05, 4.69) is 5.32 Å². The van der Waals surface area contributed by atoms with Crippen molar-refractivity contribution in [2.75, 3.05) is 49.6 Å². The van der Waals surface area contributed by atoms with E-state index in [0.717, 1.165) is 17.2 Å². The fourth-order valence-electron chi connectivity index (χ4n) is 2.82. The first-order valence-corrected chi connectivity index (χ1v) is 12.2. The third kappa shape index (κ3) is 4.84. The highest BCUT2D eigenvalue weighted by Gasteiger charge is 2.31. The Bertz CT molecular complexity index is 862. The van der Waals surface area contributed by atoms with Crippen LogP contribution in [0.15, 0.2) is 46.7 Å². The van der Waals surface area contributed by atoms with Crippen molar-refractivity contribution < 1.29 is 13.2 Å². The normalized spacial score (nSPS) is 15.4. The second-order valence-corrected chi connectivity index (χ2v) is 10.2. The van der Waals surface area contributed by atoms with E-state index < -0.39 is 10.0 Å². The molecule has 2 aromatic rings. The second-order valence-electron chi connectivity index (χ2n) is 6.14. The van der Waals surface area contributed by atoms with Crippen LogP contribution in [0.5, 0.6) is 0 Å². The summed E-state index contributed by atoms with van der Waals surface area (Å²) in [7, 11) is -1.66. The highest BCUT2D eigenvalue weighted by molar-refractivity contribution is 7.99. The predicted octanol–water partition coefficient (Wildman–Crippen LogP) is 2.35. The number of carbonyl (C=O) groups is 1. The van der Waals surface area contributed by atoms with Gasteiger partial charge in [0.25, 0.3) is 5.91 Å². The number of sulfonamides is 1. The molecule has 0 spiro atoms. The fraction of sp³-hybridized carbons (Fsp3) is 0.389. The summed E-state index contributed by atoms with van der Waals surface area (Å²) < 4.78 is 27.2. The van der Waals surface area contributed by atoms with Crippen molar-refractivity contribution in [3.63, 3.8) is 0 Å². The molecule has 1 fully saturated rings. The van der Waals surface area contributed by atoms with Gasteiger partial charge in [0.05, 0.1) is 0 Å². The van der Waals surface area contributed by atoms with Gasteiger partial charge in [-0.2, -0.15) is 16.1 Å². The fourth-order valence-corrected chi connectivity index (χ4v) is 6.71. The molecule has 0 unspecified atom stereocenters. The van der Waals surface area contributed by atoms with Crippen molar-refractivity contribution in [1.29, 1.82) is 0 Å². The van der Waals surface area contributed by atoms with E-state index in [1.54, 1.807) is 17.1 Å². The monoisotopic (exact) mass is 425 g/mol. The molecule has 1 amide bonds. The molecule has 1 saturated heterocycles. The van der Waals surface area contributed by atoms with E-state index in [9.17, 15) is 13.2 Å². The van der Waals surface area contributed by atoms with Crippen LogP contribution in [0.2, 0.25) is 0 Å². The zero-order valence-electron chi connectivity index (χ0n) is 15.1. The van der Waals surface area contributed by atoms with E-state index in [0.29, 0.717) is 26.2 Å². The molecular formula is C18H23N3O3S3. The zero-order chi connectivity index (χ0) is 19.3. The second kappa shape index (κ2) is 9.09. The van der Waals surface area contributed by atoms with Crippen LogP contribution in [0, 0.1) is 0 Å². The molecule has 146 valence electrons. The van der Waals surface area contributed by atoms with Crippen molar-refractivity contribution in [3.05, 3.63) is 46.7 Å². The molecule has 2 heterocycles. The van der Waals surface area contributed by atoms with E-state index in [4.69, 9.17) is 0 Å². The zero-order valence-corrected chi connectivity index (χ0v) is 17.6. The van der Waals surface area contributed by atoms with Gasteiger partial charge in [-0.15, -0.1) is 11.3 Å². The molecule has 9 heteroatoms. The SMILES string of the molecule is CN(CCNC(=O)c1sccc1S(=O)(=O)N1CCSCC1)c1ccccc1. The number of rotatable bonds is 7. The average Bonchev–Trinajstić information content (AvgIpc) is 3.20. The van der Waals surface area contributed by atoms with Crippen LogP contribution in [0.25, 0.3) is 0 Å². The van der Waals surface area contributed by atoms with Crippen LogP contribution in [-0.4, -0.2) is 63.4 Å². The molecule has 1 aliphatic heterocycles. The molecule has 0 bridgehead atoms. The first-order chi connectivity index (χ1) is 13.0. The highest BCUT2D eigenvalue weighted by atomic mass is 32.2. The Morgan fingerprint density at radius 2 is 1.89 bits per heavy atom. The average molecular weight is 426 g/mol. The molecule has 1 aromatic carbocycles. The number of thiophene rings is 1. The standard InChI is InChI=1S/C18H23N3O3S3/c1-20(15-5-3-2-4-6-15)9-8-19-18(22)17-16(7-12-26-17)27(23,24)21-10-13-25-14-11-21/h2-7,12H,8-11,13-14H2,1H3,(H,19,22). The van der Waals surface area contributed by atoms with Crippen LogP contribution in [0.1, 0.15) is 9.67 Å². The molecule has 0 aliphatic carbocycles. The number of nitrogens with one attached hydrogen (secondary N) is 1. The van der Waals surface area contributed by atoms with Gasteiger partial charge in [0.15, 0.2) is 0 Å². The number of likely N-dealkylation sites (N-methyl/N-ethyl adjacent to an activating group) is 1. The largest absolute Gasteiger partial charge is 0.373 e. The van der Waals surface area contributed by atoms with Crippen molar-refractivity contribution in [3.8, 4) is 0 Å². The maximum absolute atomic E-state index is 12.9. The quantitative estimate of drug-likeness (QED) is 0.737. The maximum atomic E-state index is 12.9. The van der Waals surface area contributed by atoms with Crippen molar-refractivity contribution in [2.45, 2.75) is 4.90 Å². The number of para-hydroxylation sites is 1. The number of anilines is 1. The van der Waals surface area contributed by atoms with Gasteiger partial charge in [-0.3, -0.25) is 4.79 Å². The number of thioether (sulfide) groups is 1. The molecule has 1 N–H and O–H groups in total. The predicted molar refractivity (Wildman–Crippen MR) is 112 cm³/mol. The molecule has 0 atom stereocenters. The molecule has 3 rings (SSSR count). The van der Waals surface area contributed by atoms with Crippen LogP contribution < -0.4 is 10.2 Å². The molecule has 1 aliphatic rings. The maximum Gasteiger partial charge on any atom is 0.262 e. The minimum Gasteiger partial charge on any atom is -0.373 e. The Balaban J connectivity index is 1.62. The van der Waals surface area contributed by atoms with Crippen molar-refractivity contribution >= 4 is 44.7 Å². The summed E-state index contributed by atoms with van der Waals surface area (Å²) in [4.78, 5) is 15.0. The van der Waals surface area contributed by atoms with Gasteiger partial charge >= 0.3 is 0 Å². The third-order valence-corrected chi connectivity index (χ3v) is 8.28. The molecule has 0 saturated carbocycles. The van der Waals surface area contributed by atoms with E-state index in [-0.39, 0.29) is 15.7 Å². The van der Waals surface area contributed by atoms with Crippen LogP contribution >= 0.6 is 23.1 Å². The number of hydrogen-bond acceptors (Lipinski definition) is 6.